The Morgan fingerprint density at radius 2 is 2.06 bits per heavy atom. The maximum absolute atomic E-state index is 12.4. The van der Waals surface area contributed by atoms with Gasteiger partial charge in [-0.05, 0) is 0 Å². The number of amides is 2. The first-order valence-electron chi connectivity index (χ1n) is 5.94. The summed E-state index contributed by atoms with van der Waals surface area (Å²) in [5.41, 5.74) is 0. The predicted molar refractivity (Wildman–Crippen MR) is 62.1 cm³/mol. The van der Waals surface area contributed by atoms with Crippen LogP contribution in [-0.2, 0) is 9.59 Å². The molecule has 0 saturated carbocycles. The Labute approximate surface area is 99.5 Å². The molecule has 2 aliphatic heterocycles. The van der Waals surface area contributed by atoms with Gasteiger partial charge in [0.05, 0.1) is 12.0 Å². The standard InChI is InChI=1S/C12H15N3O2/c16-11-10-7-13-5-6-15(10)12(17)8-3-1-2-4-9(8)14-11/h1-4,8-10,13H,5-7H2,(H,14,16). The highest BCUT2D eigenvalue weighted by atomic mass is 16.2. The maximum atomic E-state index is 12.4. The van der Waals surface area contributed by atoms with E-state index in [1.165, 1.54) is 0 Å². The first kappa shape index (κ1) is 10.5. The molecule has 2 amide bonds. The van der Waals surface area contributed by atoms with E-state index in [1.807, 2.05) is 24.3 Å². The second-order valence-corrected chi connectivity index (χ2v) is 4.58. The van der Waals surface area contributed by atoms with E-state index in [2.05, 4.69) is 10.6 Å². The average molecular weight is 233 g/mol. The van der Waals surface area contributed by atoms with Gasteiger partial charge in [-0.3, -0.25) is 9.59 Å². The highest BCUT2D eigenvalue weighted by molar-refractivity contribution is 5.93. The molecule has 5 heteroatoms. The van der Waals surface area contributed by atoms with E-state index < -0.39 is 0 Å². The van der Waals surface area contributed by atoms with Crippen LogP contribution < -0.4 is 10.6 Å². The lowest BCUT2D eigenvalue weighted by molar-refractivity contribution is -0.140. The van der Waals surface area contributed by atoms with Crippen LogP contribution in [0.15, 0.2) is 24.3 Å². The summed E-state index contributed by atoms with van der Waals surface area (Å²) in [4.78, 5) is 26.1. The van der Waals surface area contributed by atoms with Crippen molar-refractivity contribution < 1.29 is 9.59 Å². The Morgan fingerprint density at radius 3 is 2.94 bits per heavy atom. The Kier molecular flexibility index (Phi) is 2.48. The van der Waals surface area contributed by atoms with Crippen LogP contribution in [0.1, 0.15) is 0 Å². The van der Waals surface area contributed by atoms with Gasteiger partial charge in [0.2, 0.25) is 11.8 Å². The second kappa shape index (κ2) is 4.00. The van der Waals surface area contributed by atoms with Crippen LogP contribution >= 0.6 is 0 Å². The summed E-state index contributed by atoms with van der Waals surface area (Å²) in [6.45, 7) is 1.91. The van der Waals surface area contributed by atoms with Gasteiger partial charge in [-0.1, -0.05) is 24.3 Å². The van der Waals surface area contributed by atoms with Crippen LogP contribution in [0.2, 0.25) is 0 Å². The van der Waals surface area contributed by atoms with Crippen LogP contribution in [0.3, 0.4) is 0 Å². The fourth-order valence-corrected chi connectivity index (χ4v) is 2.64. The summed E-state index contributed by atoms with van der Waals surface area (Å²) in [6, 6.07) is -0.547. The van der Waals surface area contributed by atoms with Crippen molar-refractivity contribution in [3.8, 4) is 0 Å². The molecular weight excluding hydrogens is 218 g/mol. The van der Waals surface area contributed by atoms with E-state index in [0.29, 0.717) is 13.1 Å². The van der Waals surface area contributed by atoms with Crippen LogP contribution in [0, 0.1) is 5.92 Å². The molecule has 3 aliphatic rings. The third kappa shape index (κ3) is 1.67. The Morgan fingerprint density at radius 1 is 1.24 bits per heavy atom. The minimum absolute atomic E-state index is 0.0560. The first-order chi connectivity index (χ1) is 8.27. The number of hydrogen-bond donors (Lipinski definition) is 2. The lowest BCUT2D eigenvalue weighted by Gasteiger charge is -2.34. The zero-order valence-electron chi connectivity index (χ0n) is 9.43. The largest absolute Gasteiger partial charge is 0.347 e. The van der Waals surface area contributed by atoms with Crippen molar-refractivity contribution in [2.24, 2.45) is 5.92 Å². The van der Waals surface area contributed by atoms with Gasteiger partial charge < -0.3 is 15.5 Å². The molecule has 90 valence electrons. The van der Waals surface area contributed by atoms with E-state index in [9.17, 15) is 9.59 Å². The van der Waals surface area contributed by atoms with Crippen molar-refractivity contribution in [3.05, 3.63) is 24.3 Å². The molecule has 3 unspecified atom stereocenters. The Hall–Kier alpha value is -1.62. The van der Waals surface area contributed by atoms with E-state index in [1.54, 1.807) is 4.90 Å². The molecular formula is C12H15N3O2. The summed E-state index contributed by atoms with van der Waals surface area (Å²) in [5, 5.41) is 6.08. The minimum Gasteiger partial charge on any atom is -0.347 e. The SMILES string of the molecule is O=C1NC2C=CC=CC2C(=O)N2CCNCC12. The van der Waals surface area contributed by atoms with E-state index in [-0.39, 0.29) is 29.8 Å². The van der Waals surface area contributed by atoms with E-state index in [4.69, 9.17) is 0 Å². The molecule has 2 fully saturated rings. The van der Waals surface area contributed by atoms with Crippen molar-refractivity contribution >= 4 is 11.8 Å². The monoisotopic (exact) mass is 233 g/mol. The van der Waals surface area contributed by atoms with Gasteiger partial charge in [0, 0.05) is 19.6 Å². The Balaban J connectivity index is 1.95. The lowest BCUT2D eigenvalue weighted by Crippen LogP contribution is -2.58. The van der Waals surface area contributed by atoms with Crippen LogP contribution in [-0.4, -0.2) is 48.4 Å². The van der Waals surface area contributed by atoms with Gasteiger partial charge in [0.25, 0.3) is 0 Å². The van der Waals surface area contributed by atoms with Crippen LogP contribution in [0.4, 0.5) is 0 Å². The van der Waals surface area contributed by atoms with Crippen LogP contribution in [0.25, 0.3) is 0 Å². The lowest BCUT2D eigenvalue weighted by atomic mass is 9.94. The summed E-state index contributed by atoms with van der Waals surface area (Å²) in [6.07, 6.45) is 7.50. The van der Waals surface area contributed by atoms with Crippen molar-refractivity contribution in [2.45, 2.75) is 12.1 Å². The van der Waals surface area contributed by atoms with Crippen molar-refractivity contribution in [1.82, 2.24) is 15.5 Å². The molecule has 0 bridgehead atoms. The molecule has 17 heavy (non-hydrogen) atoms. The zero-order chi connectivity index (χ0) is 11.8. The van der Waals surface area contributed by atoms with Gasteiger partial charge >= 0.3 is 0 Å². The summed E-state index contributed by atoms with van der Waals surface area (Å²) in [7, 11) is 0. The number of fused-ring (bicyclic) bond motifs is 2. The normalized spacial score (nSPS) is 36.0. The highest BCUT2D eigenvalue weighted by Crippen LogP contribution is 2.21. The number of carbonyl (C=O) groups excluding carboxylic acids is 2. The molecule has 2 N–H and O–H groups in total. The molecule has 2 heterocycles. The molecule has 0 aromatic rings. The summed E-state index contributed by atoms with van der Waals surface area (Å²) in [5.74, 6) is -0.245. The number of piperazine rings is 1. The summed E-state index contributed by atoms with van der Waals surface area (Å²) >= 11 is 0. The molecule has 0 radical (unpaired) electrons. The molecule has 2 saturated heterocycles. The number of hydrogen-bond acceptors (Lipinski definition) is 3. The van der Waals surface area contributed by atoms with Crippen molar-refractivity contribution in [2.75, 3.05) is 19.6 Å². The predicted octanol–water partition coefficient (Wildman–Crippen LogP) is -0.973. The molecule has 0 aromatic heterocycles. The smallest absolute Gasteiger partial charge is 0.244 e. The van der Waals surface area contributed by atoms with Crippen molar-refractivity contribution in [1.29, 1.82) is 0 Å². The van der Waals surface area contributed by atoms with E-state index in [0.717, 1.165) is 6.54 Å². The highest BCUT2D eigenvalue weighted by Gasteiger charge is 2.41. The number of carbonyl (C=O) groups is 2. The minimum atomic E-state index is -0.358. The zero-order valence-corrected chi connectivity index (χ0v) is 9.43. The molecule has 5 nitrogen and oxygen atoms in total. The van der Waals surface area contributed by atoms with Gasteiger partial charge in [0.1, 0.15) is 6.04 Å². The van der Waals surface area contributed by atoms with Crippen molar-refractivity contribution in [3.63, 3.8) is 0 Å². The number of rotatable bonds is 0. The van der Waals surface area contributed by atoms with E-state index >= 15 is 0 Å². The molecule has 1 aliphatic carbocycles. The topological polar surface area (TPSA) is 61.4 Å². The van der Waals surface area contributed by atoms with Gasteiger partial charge in [-0.2, -0.15) is 0 Å². The molecule has 0 aromatic carbocycles. The van der Waals surface area contributed by atoms with Gasteiger partial charge in [-0.15, -0.1) is 0 Å². The Bertz CT molecular complexity index is 416. The second-order valence-electron chi connectivity index (χ2n) is 4.58. The fourth-order valence-electron chi connectivity index (χ4n) is 2.64. The third-order valence-corrected chi connectivity index (χ3v) is 3.56. The maximum Gasteiger partial charge on any atom is 0.244 e. The number of allylic oxidation sites excluding steroid dienone is 2. The third-order valence-electron chi connectivity index (χ3n) is 3.56. The van der Waals surface area contributed by atoms with Gasteiger partial charge in [0.15, 0.2) is 0 Å². The number of nitrogens with zero attached hydrogens (tertiary/aromatic N) is 1. The molecule has 0 spiro atoms. The molecule has 3 rings (SSSR count). The van der Waals surface area contributed by atoms with Gasteiger partial charge in [-0.25, -0.2) is 0 Å². The fraction of sp³-hybridized carbons (Fsp3) is 0.500. The first-order valence-corrected chi connectivity index (χ1v) is 5.94. The summed E-state index contributed by atoms with van der Waals surface area (Å²) < 4.78 is 0. The number of nitrogens with one attached hydrogen (secondary N) is 2. The molecule has 3 atom stereocenters. The average Bonchev–Trinajstić information content (AvgIpc) is 2.48. The van der Waals surface area contributed by atoms with Crippen LogP contribution in [0.5, 0.6) is 0 Å². The quantitative estimate of drug-likeness (QED) is 0.566.